The number of nitrogens with zero attached hydrogens (tertiary/aromatic N) is 2. The number of imide groups is 1. The molecule has 2 rings (SSSR count). The molecule has 1 aromatic carbocycles. The quantitative estimate of drug-likeness (QED) is 0.380. The van der Waals surface area contributed by atoms with E-state index in [0.717, 1.165) is 4.90 Å². The molecule has 0 spiro atoms. The Kier molecular flexibility index (Phi) is 5.86. The number of primary amides is 1. The normalized spacial score (nSPS) is 15.8. The summed E-state index contributed by atoms with van der Waals surface area (Å²) >= 11 is 3.65. The van der Waals surface area contributed by atoms with E-state index in [1.165, 1.54) is 17.0 Å². The maximum absolute atomic E-state index is 12.3. The summed E-state index contributed by atoms with van der Waals surface area (Å²) in [5.41, 5.74) is 5.75. The number of piperazine rings is 1. The molecule has 10 heteroatoms. The maximum Gasteiger partial charge on any atom is 0.325 e. The minimum atomic E-state index is -1.16. The molecule has 0 bridgehead atoms. The summed E-state index contributed by atoms with van der Waals surface area (Å²) in [4.78, 5) is 50.1. The molecular weight excluding hydrogens is 348 g/mol. The first-order valence-electron chi connectivity index (χ1n) is 7.51. The van der Waals surface area contributed by atoms with Gasteiger partial charge in [-0.15, -0.1) is 0 Å². The highest BCUT2D eigenvalue weighted by Crippen LogP contribution is 2.19. The summed E-state index contributed by atoms with van der Waals surface area (Å²) < 4.78 is 4.73. The molecule has 1 aromatic rings. The van der Waals surface area contributed by atoms with Gasteiger partial charge in [-0.2, -0.15) is 0 Å². The number of nitrogens with two attached hydrogens (primary N) is 1. The molecule has 1 aliphatic rings. The largest absolute Gasteiger partial charge is 0.429 e. The molecule has 3 N–H and O–H groups in total. The summed E-state index contributed by atoms with van der Waals surface area (Å²) in [5, 5.41) is 2.38. The lowest BCUT2D eigenvalue weighted by atomic mass is 10.1. The lowest BCUT2D eigenvalue weighted by molar-refractivity contribution is -0.153. The van der Waals surface area contributed by atoms with Crippen LogP contribution in [0.1, 0.15) is 18.5 Å². The SMILES string of the molecule is CCN1CCN(C(=O)NC(C(N)=O)c2ccc(OS)cc2)C(=O)C1=O. The third-order valence-corrected chi connectivity index (χ3v) is 4.02. The fraction of sp³-hybridized carbons (Fsp3) is 0.333. The van der Waals surface area contributed by atoms with Crippen LogP contribution >= 0.6 is 12.9 Å². The van der Waals surface area contributed by atoms with E-state index >= 15 is 0 Å². The number of likely N-dealkylation sites (N-methyl/N-ethyl adjacent to an activating group) is 1. The first-order valence-corrected chi connectivity index (χ1v) is 7.87. The molecule has 1 atom stereocenters. The summed E-state index contributed by atoms with van der Waals surface area (Å²) in [6.45, 7) is 2.40. The third kappa shape index (κ3) is 4.02. The van der Waals surface area contributed by atoms with Crippen LogP contribution < -0.4 is 15.2 Å². The van der Waals surface area contributed by atoms with Gasteiger partial charge in [0.15, 0.2) is 0 Å². The van der Waals surface area contributed by atoms with E-state index in [2.05, 4.69) is 18.2 Å². The summed E-state index contributed by atoms with van der Waals surface area (Å²) in [5.74, 6) is -2.06. The number of carbonyl (C=O) groups excluding carboxylic acids is 4. The molecule has 25 heavy (non-hydrogen) atoms. The molecule has 0 aliphatic carbocycles. The van der Waals surface area contributed by atoms with Gasteiger partial charge in [-0.25, -0.2) is 4.79 Å². The summed E-state index contributed by atoms with van der Waals surface area (Å²) in [7, 11) is 0. The Morgan fingerprint density at radius 3 is 2.40 bits per heavy atom. The second-order valence-electron chi connectivity index (χ2n) is 5.29. The molecule has 1 aliphatic heterocycles. The van der Waals surface area contributed by atoms with Crippen LogP contribution in [-0.2, 0) is 14.4 Å². The summed E-state index contributed by atoms with van der Waals surface area (Å²) in [6.07, 6.45) is 0. The number of benzene rings is 1. The van der Waals surface area contributed by atoms with Gasteiger partial charge in [-0.1, -0.05) is 12.1 Å². The maximum atomic E-state index is 12.3. The minimum absolute atomic E-state index is 0.0438. The topological polar surface area (TPSA) is 122 Å². The van der Waals surface area contributed by atoms with Gasteiger partial charge in [-0.05, 0) is 24.6 Å². The average Bonchev–Trinajstić information content (AvgIpc) is 2.61. The standard InChI is InChI=1S/C15H18N4O5S/c1-2-18-7-8-19(14(22)13(18)21)15(23)17-11(12(16)20)9-3-5-10(24-25)6-4-9/h3-6,11,25H,2,7-8H2,1H3,(H2,16,20)(H,17,23). The molecule has 134 valence electrons. The fourth-order valence-corrected chi connectivity index (χ4v) is 2.53. The molecule has 0 radical (unpaired) electrons. The predicted octanol–water partition coefficient (Wildman–Crippen LogP) is -0.163. The highest BCUT2D eigenvalue weighted by Gasteiger charge is 2.36. The van der Waals surface area contributed by atoms with Crippen molar-refractivity contribution in [2.75, 3.05) is 19.6 Å². The van der Waals surface area contributed by atoms with Crippen LogP contribution in [0.15, 0.2) is 24.3 Å². The second-order valence-corrected chi connectivity index (χ2v) is 5.47. The van der Waals surface area contributed by atoms with Crippen molar-refractivity contribution in [1.82, 2.24) is 15.1 Å². The van der Waals surface area contributed by atoms with Crippen LogP contribution in [0, 0.1) is 0 Å². The highest BCUT2D eigenvalue weighted by molar-refractivity contribution is 7.75. The number of hydrogen-bond donors (Lipinski definition) is 3. The van der Waals surface area contributed by atoms with Crippen LogP contribution in [0.3, 0.4) is 0 Å². The van der Waals surface area contributed by atoms with Crippen molar-refractivity contribution in [2.45, 2.75) is 13.0 Å². The lowest BCUT2D eigenvalue weighted by Gasteiger charge is -2.32. The van der Waals surface area contributed by atoms with Gasteiger partial charge in [0.25, 0.3) is 0 Å². The number of thiol groups is 1. The van der Waals surface area contributed by atoms with Gasteiger partial charge in [0, 0.05) is 32.5 Å². The van der Waals surface area contributed by atoms with Crippen molar-refractivity contribution < 1.29 is 23.4 Å². The first-order chi connectivity index (χ1) is 11.9. The number of rotatable bonds is 5. The molecule has 9 nitrogen and oxygen atoms in total. The monoisotopic (exact) mass is 366 g/mol. The molecule has 0 aromatic heterocycles. The average molecular weight is 366 g/mol. The second kappa shape index (κ2) is 7.88. The third-order valence-electron chi connectivity index (χ3n) is 3.81. The van der Waals surface area contributed by atoms with Crippen LogP contribution in [-0.4, -0.2) is 53.2 Å². The smallest absolute Gasteiger partial charge is 0.325 e. The van der Waals surface area contributed by atoms with Crippen molar-refractivity contribution in [2.24, 2.45) is 5.73 Å². The zero-order chi connectivity index (χ0) is 18.6. The van der Waals surface area contributed by atoms with Crippen molar-refractivity contribution >= 4 is 36.7 Å². The first kappa shape index (κ1) is 18.6. The van der Waals surface area contributed by atoms with Crippen LogP contribution in [0.5, 0.6) is 5.75 Å². The van der Waals surface area contributed by atoms with Gasteiger partial charge in [-0.3, -0.25) is 19.3 Å². The van der Waals surface area contributed by atoms with Crippen LogP contribution in [0.4, 0.5) is 4.79 Å². The van der Waals surface area contributed by atoms with Crippen molar-refractivity contribution in [3.8, 4) is 5.75 Å². The van der Waals surface area contributed by atoms with E-state index in [-0.39, 0.29) is 13.1 Å². The lowest BCUT2D eigenvalue weighted by Crippen LogP contribution is -2.58. The van der Waals surface area contributed by atoms with Gasteiger partial charge in [0.1, 0.15) is 11.8 Å². The number of carbonyl (C=O) groups is 4. The number of amides is 5. The van der Waals surface area contributed by atoms with Gasteiger partial charge < -0.3 is 20.1 Å². The Morgan fingerprint density at radius 2 is 1.88 bits per heavy atom. The van der Waals surface area contributed by atoms with Crippen molar-refractivity contribution in [3.05, 3.63) is 29.8 Å². The summed E-state index contributed by atoms with van der Waals surface area (Å²) in [6, 6.07) is 4.13. The van der Waals surface area contributed by atoms with Crippen molar-refractivity contribution in [3.63, 3.8) is 0 Å². The van der Waals surface area contributed by atoms with E-state index < -0.39 is 29.8 Å². The Balaban J connectivity index is 2.14. The zero-order valence-corrected chi connectivity index (χ0v) is 14.4. The zero-order valence-electron chi connectivity index (χ0n) is 13.5. The number of nitrogens with one attached hydrogen (secondary N) is 1. The number of hydrogen-bond acceptors (Lipinski definition) is 6. The Hall–Kier alpha value is -2.75. The Labute approximate surface area is 149 Å². The molecule has 1 heterocycles. The molecule has 0 saturated carbocycles. The Bertz CT molecular complexity index is 694. The molecule has 1 saturated heterocycles. The van der Waals surface area contributed by atoms with E-state index in [0.29, 0.717) is 17.9 Å². The van der Waals surface area contributed by atoms with Gasteiger partial charge in [0.2, 0.25) is 5.91 Å². The van der Waals surface area contributed by atoms with Gasteiger partial charge in [0.05, 0.1) is 0 Å². The van der Waals surface area contributed by atoms with Crippen molar-refractivity contribution in [1.29, 1.82) is 0 Å². The Morgan fingerprint density at radius 1 is 1.24 bits per heavy atom. The molecular formula is C15H18N4O5S. The molecule has 5 amide bonds. The van der Waals surface area contributed by atoms with E-state index in [1.54, 1.807) is 19.1 Å². The fourth-order valence-electron chi connectivity index (χ4n) is 2.41. The number of urea groups is 1. The van der Waals surface area contributed by atoms with E-state index in [1.807, 2.05) is 0 Å². The van der Waals surface area contributed by atoms with E-state index in [9.17, 15) is 19.2 Å². The van der Waals surface area contributed by atoms with E-state index in [4.69, 9.17) is 9.92 Å². The molecule has 1 fully saturated rings. The van der Waals surface area contributed by atoms with Crippen LogP contribution in [0.2, 0.25) is 0 Å². The van der Waals surface area contributed by atoms with Gasteiger partial charge >= 0.3 is 17.8 Å². The predicted molar refractivity (Wildman–Crippen MR) is 90.5 cm³/mol. The molecule has 1 unspecified atom stereocenters. The minimum Gasteiger partial charge on any atom is -0.429 e. The van der Waals surface area contributed by atoms with Crippen LogP contribution in [0.25, 0.3) is 0 Å². The highest BCUT2D eigenvalue weighted by atomic mass is 32.1.